The van der Waals surface area contributed by atoms with E-state index in [1.54, 1.807) is 30.3 Å². The van der Waals surface area contributed by atoms with Gasteiger partial charge in [-0.15, -0.1) is 6.58 Å². The molecule has 0 radical (unpaired) electrons. The van der Waals surface area contributed by atoms with Crippen molar-refractivity contribution in [2.24, 2.45) is 0 Å². The fourth-order valence-corrected chi connectivity index (χ4v) is 2.77. The Balaban J connectivity index is 2.39. The van der Waals surface area contributed by atoms with Crippen molar-refractivity contribution in [2.75, 3.05) is 7.11 Å². The molecular weight excluding hydrogens is 312 g/mol. The van der Waals surface area contributed by atoms with Crippen LogP contribution in [0.5, 0.6) is 5.75 Å². The minimum Gasteiger partial charge on any atom is -0.490 e. The minimum absolute atomic E-state index is 0.176. The first-order valence-electron chi connectivity index (χ1n) is 7.15. The number of hydrogen-bond donors (Lipinski definition) is 0. The van der Waals surface area contributed by atoms with Crippen molar-refractivity contribution in [1.82, 2.24) is 0 Å². The summed E-state index contributed by atoms with van der Waals surface area (Å²) < 4.78 is 11.4. The second-order valence-electron chi connectivity index (χ2n) is 5.09. The normalized spacial score (nSPS) is 10.7. The molecule has 0 amide bonds. The third kappa shape index (κ3) is 2.76. The predicted octanol–water partition coefficient (Wildman–Crippen LogP) is 4.85. The molecule has 3 aromatic rings. The van der Waals surface area contributed by atoms with Gasteiger partial charge in [-0.3, -0.25) is 4.79 Å². The highest BCUT2D eigenvalue weighted by Gasteiger charge is 2.18. The zero-order chi connectivity index (χ0) is 16.4. The van der Waals surface area contributed by atoms with Crippen LogP contribution in [0.15, 0.2) is 64.3 Å². The average molecular weight is 327 g/mol. The largest absolute Gasteiger partial charge is 0.490 e. The number of allylic oxidation sites excluding steroid dienone is 1. The SMILES string of the molecule is C=CCc1cccc2c(=O)c(OC)c(-c3cccc(Cl)c3)oc12. The lowest BCUT2D eigenvalue weighted by Gasteiger charge is -2.11. The number of fused-ring (bicyclic) bond motifs is 1. The van der Waals surface area contributed by atoms with Gasteiger partial charge in [-0.25, -0.2) is 0 Å². The Morgan fingerprint density at radius 1 is 1.26 bits per heavy atom. The standard InChI is InChI=1S/C19H15ClO3/c1-3-6-12-7-5-10-15-16(21)19(22-2)18(23-17(12)15)13-8-4-9-14(20)11-13/h3-5,7-11H,1,6H2,2H3. The Kier molecular flexibility index (Phi) is 4.22. The van der Waals surface area contributed by atoms with Crippen LogP contribution in [-0.4, -0.2) is 7.11 Å². The van der Waals surface area contributed by atoms with Crippen molar-refractivity contribution in [3.8, 4) is 17.1 Å². The molecule has 3 rings (SSSR count). The van der Waals surface area contributed by atoms with Crippen molar-refractivity contribution in [2.45, 2.75) is 6.42 Å². The number of ether oxygens (including phenoxy) is 1. The van der Waals surface area contributed by atoms with E-state index in [1.165, 1.54) is 7.11 Å². The van der Waals surface area contributed by atoms with Gasteiger partial charge in [-0.2, -0.15) is 0 Å². The van der Waals surface area contributed by atoms with Gasteiger partial charge in [-0.05, 0) is 30.2 Å². The van der Waals surface area contributed by atoms with E-state index in [-0.39, 0.29) is 11.2 Å². The van der Waals surface area contributed by atoms with E-state index in [1.807, 2.05) is 18.2 Å². The molecule has 0 N–H and O–H groups in total. The predicted molar refractivity (Wildman–Crippen MR) is 93.4 cm³/mol. The van der Waals surface area contributed by atoms with Crippen molar-refractivity contribution in [3.63, 3.8) is 0 Å². The van der Waals surface area contributed by atoms with Gasteiger partial charge in [0.15, 0.2) is 5.76 Å². The molecule has 4 heteroatoms. The lowest BCUT2D eigenvalue weighted by molar-refractivity contribution is 0.398. The van der Waals surface area contributed by atoms with Crippen LogP contribution in [0.2, 0.25) is 5.02 Å². The van der Waals surface area contributed by atoms with Gasteiger partial charge in [0, 0.05) is 10.6 Å². The zero-order valence-electron chi connectivity index (χ0n) is 12.6. The molecule has 0 saturated heterocycles. The van der Waals surface area contributed by atoms with Gasteiger partial charge >= 0.3 is 0 Å². The Labute approximate surface area is 138 Å². The van der Waals surface area contributed by atoms with Crippen LogP contribution in [-0.2, 0) is 6.42 Å². The van der Waals surface area contributed by atoms with E-state index >= 15 is 0 Å². The highest BCUT2D eigenvalue weighted by Crippen LogP contribution is 2.33. The van der Waals surface area contributed by atoms with E-state index in [9.17, 15) is 4.79 Å². The van der Waals surface area contributed by atoms with Crippen LogP contribution in [0.4, 0.5) is 0 Å². The Morgan fingerprint density at radius 3 is 2.74 bits per heavy atom. The molecule has 0 bridgehead atoms. The van der Waals surface area contributed by atoms with E-state index in [4.69, 9.17) is 20.8 Å². The summed E-state index contributed by atoms with van der Waals surface area (Å²) in [5, 5.41) is 1.05. The maximum atomic E-state index is 12.8. The molecule has 116 valence electrons. The minimum atomic E-state index is -0.199. The van der Waals surface area contributed by atoms with Crippen LogP contribution in [0.1, 0.15) is 5.56 Å². The number of halogens is 1. The molecule has 2 aromatic carbocycles. The highest BCUT2D eigenvalue weighted by molar-refractivity contribution is 6.30. The van der Waals surface area contributed by atoms with Crippen LogP contribution in [0.3, 0.4) is 0 Å². The number of hydrogen-bond acceptors (Lipinski definition) is 3. The van der Waals surface area contributed by atoms with Gasteiger partial charge in [0.2, 0.25) is 11.2 Å². The summed E-state index contributed by atoms with van der Waals surface area (Å²) in [4.78, 5) is 12.8. The fraction of sp³-hybridized carbons (Fsp3) is 0.105. The summed E-state index contributed by atoms with van der Waals surface area (Å²) >= 11 is 6.06. The lowest BCUT2D eigenvalue weighted by Crippen LogP contribution is -2.08. The molecule has 0 fully saturated rings. The van der Waals surface area contributed by atoms with Crippen molar-refractivity contribution in [1.29, 1.82) is 0 Å². The van der Waals surface area contributed by atoms with Gasteiger partial charge in [0.05, 0.1) is 12.5 Å². The third-order valence-corrected chi connectivity index (χ3v) is 3.85. The molecule has 1 aromatic heterocycles. The third-order valence-electron chi connectivity index (χ3n) is 3.61. The number of rotatable bonds is 4. The number of methoxy groups -OCH3 is 1. The molecule has 0 atom stereocenters. The Morgan fingerprint density at radius 2 is 2.04 bits per heavy atom. The first kappa shape index (κ1) is 15.4. The van der Waals surface area contributed by atoms with E-state index in [0.29, 0.717) is 33.7 Å². The topological polar surface area (TPSA) is 39.4 Å². The first-order chi connectivity index (χ1) is 11.2. The second-order valence-corrected chi connectivity index (χ2v) is 5.53. The maximum absolute atomic E-state index is 12.8. The molecule has 1 heterocycles. The molecule has 0 aliphatic heterocycles. The summed E-state index contributed by atoms with van der Waals surface area (Å²) in [6.45, 7) is 3.75. The monoisotopic (exact) mass is 326 g/mol. The van der Waals surface area contributed by atoms with Crippen LogP contribution >= 0.6 is 11.6 Å². The Bertz CT molecular complexity index is 941. The van der Waals surface area contributed by atoms with Crippen LogP contribution in [0.25, 0.3) is 22.3 Å². The molecule has 0 unspecified atom stereocenters. The lowest BCUT2D eigenvalue weighted by atomic mass is 10.1. The average Bonchev–Trinajstić information content (AvgIpc) is 2.55. The maximum Gasteiger partial charge on any atom is 0.235 e. The van der Waals surface area contributed by atoms with Crippen molar-refractivity contribution in [3.05, 3.63) is 75.9 Å². The molecule has 0 aliphatic rings. The second kappa shape index (κ2) is 6.31. The number of para-hydroxylation sites is 1. The van der Waals surface area contributed by atoms with Gasteiger partial charge in [0.25, 0.3) is 0 Å². The molecule has 3 nitrogen and oxygen atoms in total. The first-order valence-corrected chi connectivity index (χ1v) is 7.53. The summed E-state index contributed by atoms with van der Waals surface area (Å²) in [7, 11) is 1.46. The summed E-state index contributed by atoms with van der Waals surface area (Å²) in [5.74, 6) is 0.555. The molecule has 0 aliphatic carbocycles. The van der Waals surface area contributed by atoms with Crippen molar-refractivity contribution >= 4 is 22.6 Å². The summed E-state index contributed by atoms with van der Waals surface area (Å²) in [5.41, 5.74) is 1.95. The molecule has 0 saturated carbocycles. The van der Waals surface area contributed by atoms with Gasteiger partial charge in [-0.1, -0.05) is 41.9 Å². The van der Waals surface area contributed by atoms with E-state index < -0.39 is 0 Å². The molecule has 0 spiro atoms. The van der Waals surface area contributed by atoms with Crippen LogP contribution < -0.4 is 10.2 Å². The zero-order valence-corrected chi connectivity index (χ0v) is 13.4. The van der Waals surface area contributed by atoms with Gasteiger partial charge in [0.1, 0.15) is 5.58 Å². The van der Waals surface area contributed by atoms with E-state index in [2.05, 4.69) is 6.58 Å². The summed E-state index contributed by atoms with van der Waals surface area (Å²) in [6.07, 6.45) is 2.39. The fourth-order valence-electron chi connectivity index (χ4n) is 2.58. The van der Waals surface area contributed by atoms with Gasteiger partial charge < -0.3 is 9.15 Å². The highest BCUT2D eigenvalue weighted by atomic mass is 35.5. The molecular formula is C19H15ClO3. The van der Waals surface area contributed by atoms with Crippen molar-refractivity contribution < 1.29 is 9.15 Å². The van der Waals surface area contributed by atoms with E-state index in [0.717, 1.165) is 5.56 Å². The quantitative estimate of drug-likeness (QED) is 0.643. The van der Waals surface area contributed by atoms with Crippen LogP contribution in [0, 0.1) is 0 Å². The molecule has 23 heavy (non-hydrogen) atoms. The smallest absolute Gasteiger partial charge is 0.235 e. The number of benzene rings is 2. The summed E-state index contributed by atoms with van der Waals surface area (Å²) in [6, 6.07) is 12.6. The Hall–Kier alpha value is -2.52.